The smallest absolute Gasteiger partial charge is 0.410 e. The molecule has 0 unspecified atom stereocenters. The fourth-order valence-electron chi connectivity index (χ4n) is 3.50. The molecule has 140 valence electrons. The van der Waals surface area contributed by atoms with Crippen LogP contribution in [-0.2, 0) is 4.74 Å². The first-order valence-electron chi connectivity index (χ1n) is 8.98. The van der Waals surface area contributed by atoms with Crippen LogP contribution in [0.25, 0.3) is 10.9 Å². The first-order valence-corrected chi connectivity index (χ1v) is 8.98. The highest BCUT2D eigenvalue weighted by atomic mass is 16.6. The van der Waals surface area contributed by atoms with Crippen molar-refractivity contribution in [2.45, 2.75) is 13.8 Å². The Morgan fingerprint density at radius 1 is 1.27 bits per heavy atom. The third kappa shape index (κ3) is 3.67. The average Bonchev–Trinajstić information content (AvgIpc) is 2.97. The van der Waals surface area contributed by atoms with Gasteiger partial charge in [-0.05, 0) is 32.0 Å². The summed E-state index contributed by atoms with van der Waals surface area (Å²) in [6, 6.07) is 5.72. The number of ketones is 1. The van der Waals surface area contributed by atoms with Crippen molar-refractivity contribution in [3.05, 3.63) is 29.5 Å². The van der Waals surface area contributed by atoms with Gasteiger partial charge >= 0.3 is 6.09 Å². The summed E-state index contributed by atoms with van der Waals surface area (Å²) in [6.45, 7) is 7.24. The molecule has 7 nitrogen and oxygen atoms in total. The summed E-state index contributed by atoms with van der Waals surface area (Å²) in [7, 11) is 1.62. The van der Waals surface area contributed by atoms with Crippen molar-refractivity contribution in [3.63, 3.8) is 0 Å². The summed E-state index contributed by atoms with van der Waals surface area (Å²) < 4.78 is 10.3. The number of nitrogens with one attached hydrogen (secondary N) is 2. The van der Waals surface area contributed by atoms with E-state index in [-0.39, 0.29) is 11.9 Å². The first-order chi connectivity index (χ1) is 12.5. The number of quaternary nitrogens is 1. The molecule has 0 saturated carbocycles. The number of fused-ring (bicyclic) bond motifs is 1. The molecule has 1 aromatic carbocycles. The molecule has 0 spiro atoms. The van der Waals surface area contributed by atoms with Crippen LogP contribution >= 0.6 is 0 Å². The number of H-pyrrole nitrogens is 1. The minimum Gasteiger partial charge on any atom is -0.497 e. The number of aromatic nitrogens is 1. The van der Waals surface area contributed by atoms with Gasteiger partial charge in [0.05, 0.1) is 45.5 Å². The Balaban J connectivity index is 1.68. The van der Waals surface area contributed by atoms with E-state index in [1.165, 1.54) is 4.90 Å². The molecule has 7 heteroatoms. The van der Waals surface area contributed by atoms with Crippen LogP contribution in [-0.4, -0.2) is 68.2 Å². The number of carbonyl (C=O) groups is 2. The van der Waals surface area contributed by atoms with Gasteiger partial charge < -0.3 is 19.4 Å². The lowest BCUT2D eigenvalue weighted by Crippen LogP contribution is -3.15. The number of methoxy groups -OCH3 is 1. The van der Waals surface area contributed by atoms with Gasteiger partial charge in [0.1, 0.15) is 12.3 Å². The summed E-state index contributed by atoms with van der Waals surface area (Å²) in [5.41, 5.74) is 2.55. The monoisotopic (exact) mass is 360 g/mol. The van der Waals surface area contributed by atoms with Gasteiger partial charge in [0.15, 0.2) is 0 Å². The van der Waals surface area contributed by atoms with Crippen LogP contribution in [0.15, 0.2) is 18.2 Å². The van der Waals surface area contributed by atoms with Gasteiger partial charge in [0, 0.05) is 16.6 Å². The number of benzene rings is 1. The first kappa shape index (κ1) is 18.3. The van der Waals surface area contributed by atoms with E-state index in [0.717, 1.165) is 41.0 Å². The third-order valence-electron chi connectivity index (χ3n) is 4.88. The van der Waals surface area contributed by atoms with Gasteiger partial charge in [-0.15, -0.1) is 0 Å². The Labute approximate surface area is 152 Å². The van der Waals surface area contributed by atoms with Crippen LogP contribution in [0.4, 0.5) is 4.79 Å². The number of hydrogen-bond acceptors (Lipinski definition) is 4. The van der Waals surface area contributed by atoms with E-state index < -0.39 is 0 Å². The van der Waals surface area contributed by atoms with Gasteiger partial charge in [-0.3, -0.25) is 9.69 Å². The molecule has 0 aliphatic carbocycles. The van der Waals surface area contributed by atoms with Crippen LogP contribution in [0.1, 0.15) is 23.0 Å². The second kappa shape index (κ2) is 7.78. The van der Waals surface area contributed by atoms with Crippen molar-refractivity contribution in [3.8, 4) is 5.75 Å². The molecule has 26 heavy (non-hydrogen) atoms. The Kier molecular flexibility index (Phi) is 5.46. The fraction of sp³-hybridized carbons (Fsp3) is 0.474. The molecule has 0 atom stereocenters. The number of nitrogens with zero attached hydrogens (tertiary/aromatic N) is 1. The molecular weight excluding hydrogens is 334 g/mol. The Bertz CT molecular complexity index is 806. The standard InChI is InChI=1S/C19H25N3O4/c1-4-26-19(24)22-9-7-21(8-10-22)12-17(23)18-13(2)20-16-6-5-14(25-3)11-15(16)18/h5-6,11,20H,4,7-10,12H2,1-3H3/p+1. The molecule has 2 aromatic rings. The molecule has 0 bridgehead atoms. The van der Waals surface area contributed by atoms with Gasteiger partial charge in [-0.1, -0.05) is 0 Å². The van der Waals surface area contributed by atoms with Crippen molar-refractivity contribution < 1.29 is 24.0 Å². The zero-order valence-corrected chi connectivity index (χ0v) is 15.6. The maximum absolute atomic E-state index is 12.9. The van der Waals surface area contributed by atoms with Gasteiger partial charge in [-0.25, -0.2) is 4.79 Å². The molecule has 1 saturated heterocycles. The Morgan fingerprint density at radius 2 is 2.00 bits per heavy atom. The largest absolute Gasteiger partial charge is 0.497 e. The highest BCUT2D eigenvalue weighted by Crippen LogP contribution is 2.26. The van der Waals surface area contributed by atoms with Crippen molar-refractivity contribution in [2.75, 3.05) is 46.4 Å². The van der Waals surface area contributed by atoms with Crippen LogP contribution in [0.2, 0.25) is 0 Å². The molecule has 1 fully saturated rings. The van der Waals surface area contributed by atoms with Crippen molar-refractivity contribution in [1.82, 2.24) is 9.88 Å². The van der Waals surface area contributed by atoms with E-state index in [9.17, 15) is 9.59 Å². The molecule has 0 radical (unpaired) electrons. The van der Waals surface area contributed by atoms with E-state index in [1.54, 1.807) is 18.9 Å². The normalized spacial score (nSPS) is 15.3. The van der Waals surface area contributed by atoms with Crippen molar-refractivity contribution in [2.24, 2.45) is 0 Å². The number of Topliss-reactive ketones (excluding diaryl/α,β-unsaturated/α-hetero) is 1. The van der Waals surface area contributed by atoms with E-state index in [0.29, 0.717) is 26.2 Å². The second-order valence-corrected chi connectivity index (χ2v) is 6.57. The highest BCUT2D eigenvalue weighted by Gasteiger charge is 2.27. The predicted molar refractivity (Wildman–Crippen MR) is 98.1 cm³/mol. The third-order valence-corrected chi connectivity index (χ3v) is 4.88. The number of amides is 1. The lowest BCUT2D eigenvalue weighted by molar-refractivity contribution is -0.895. The van der Waals surface area contributed by atoms with Crippen LogP contribution in [0.5, 0.6) is 5.75 Å². The SMILES string of the molecule is CCOC(=O)N1CC[NH+](CC(=O)c2c(C)[nH]c3ccc(OC)cc23)CC1. The second-order valence-electron chi connectivity index (χ2n) is 6.57. The molecule has 1 amide bonds. The summed E-state index contributed by atoms with van der Waals surface area (Å²) in [6.07, 6.45) is -0.266. The van der Waals surface area contributed by atoms with E-state index in [4.69, 9.17) is 9.47 Å². The summed E-state index contributed by atoms with van der Waals surface area (Å²) in [5.74, 6) is 0.850. The molecule has 2 heterocycles. The fourth-order valence-corrected chi connectivity index (χ4v) is 3.50. The summed E-state index contributed by atoms with van der Waals surface area (Å²) in [5, 5.41) is 0.899. The molecule has 3 rings (SSSR count). The quantitative estimate of drug-likeness (QED) is 0.781. The number of piperazine rings is 1. The Morgan fingerprint density at radius 3 is 2.65 bits per heavy atom. The number of rotatable bonds is 5. The van der Waals surface area contributed by atoms with E-state index in [1.807, 2.05) is 25.1 Å². The highest BCUT2D eigenvalue weighted by molar-refractivity contribution is 6.10. The number of aryl methyl sites for hydroxylation is 1. The maximum Gasteiger partial charge on any atom is 0.410 e. The maximum atomic E-state index is 12.9. The zero-order chi connectivity index (χ0) is 18.7. The summed E-state index contributed by atoms with van der Waals surface area (Å²) >= 11 is 0. The van der Waals surface area contributed by atoms with Crippen LogP contribution in [0, 0.1) is 6.92 Å². The number of aromatic amines is 1. The number of ether oxygens (including phenoxy) is 2. The Hall–Kier alpha value is -2.54. The van der Waals surface area contributed by atoms with Crippen LogP contribution < -0.4 is 9.64 Å². The predicted octanol–water partition coefficient (Wildman–Crippen LogP) is 1.02. The lowest BCUT2D eigenvalue weighted by Gasteiger charge is -2.31. The molecule has 2 N–H and O–H groups in total. The van der Waals surface area contributed by atoms with Gasteiger partial charge in [0.25, 0.3) is 0 Å². The molecule has 1 aromatic heterocycles. The minimum atomic E-state index is -0.266. The topological polar surface area (TPSA) is 76.1 Å². The van der Waals surface area contributed by atoms with Crippen molar-refractivity contribution >= 4 is 22.8 Å². The van der Waals surface area contributed by atoms with E-state index >= 15 is 0 Å². The minimum absolute atomic E-state index is 0.113. The molecule has 1 aliphatic heterocycles. The van der Waals surface area contributed by atoms with Crippen molar-refractivity contribution in [1.29, 1.82) is 0 Å². The summed E-state index contributed by atoms with van der Waals surface area (Å²) in [4.78, 5) is 30.9. The molecular formula is C19H26N3O4+. The zero-order valence-electron chi connectivity index (χ0n) is 15.6. The molecule has 1 aliphatic rings. The lowest BCUT2D eigenvalue weighted by atomic mass is 10.1. The van der Waals surface area contributed by atoms with Gasteiger partial charge in [-0.2, -0.15) is 0 Å². The van der Waals surface area contributed by atoms with E-state index in [2.05, 4.69) is 4.98 Å². The van der Waals surface area contributed by atoms with Crippen LogP contribution in [0.3, 0.4) is 0 Å². The van der Waals surface area contributed by atoms with Gasteiger partial charge in [0.2, 0.25) is 5.78 Å². The average molecular weight is 360 g/mol. The number of carbonyl (C=O) groups excluding carboxylic acids is 2. The number of hydrogen-bond donors (Lipinski definition) is 2.